The molecule has 0 unspecified atom stereocenters. The molecule has 1 saturated heterocycles. The number of aryl methyl sites for hydroxylation is 1. The molecule has 4 rings (SSSR count). The molecule has 2 aliphatic rings. The fourth-order valence-electron chi connectivity index (χ4n) is 4.33. The summed E-state index contributed by atoms with van der Waals surface area (Å²) < 4.78 is 11.1. The van der Waals surface area contributed by atoms with Crippen LogP contribution >= 0.6 is 0 Å². The van der Waals surface area contributed by atoms with Crippen molar-refractivity contribution in [3.05, 3.63) is 39.7 Å². The third-order valence-corrected chi connectivity index (χ3v) is 5.76. The Bertz CT molecular complexity index is 905. The van der Waals surface area contributed by atoms with Gasteiger partial charge >= 0.3 is 5.63 Å². The highest BCUT2D eigenvalue weighted by Crippen LogP contribution is 2.29. The summed E-state index contributed by atoms with van der Waals surface area (Å²) in [5, 5.41) is 3.93. The van der Waals surface area contributed by atoms with Crippen LogP contribution in [0, 0.1) is 0 Å². The van der Waals surface area contributed by atoms with Crippen LogP contribution in [0.4, 0.5) is 0 Å². The van der Waals surface area contributed by atoms with Crippen molar-refractivity contribution in [2.75, 3.05) is 26.2 Å². The Labute approximate surface area is 158 Å². The molecule has 2 aromatic rings. The van der Waals surface area contributed by atoms with E-state index in [-0.39, 0.29) is 18.1 Å². The van der Waals surface area contributed by atoms with Gasteiger partial charge in [0.2, 0.25) is 0 Å². The number of hydrogen-bond donors (Lipinski definition) is 1. The first-order valence-corrected chi connectivity index (χ1v) is 9.88. The molecular formula is C21H26N2O4. The minimum atomic E-state index is -0.248. The fraction of sp³-hybridized carbons (Fsp3) is 0.524. The van der Waals surface area contributed by atoms with E-state index in [4.69, 9.17) is 9.15 Å². The Balaban J connectivity index is 1.37. The van der Waals surface area contributed by atoms with Gasteiger partial charge in [-0.05, 0) is 62.9 Å². The number of ether oxygens (including phenoxy) is 1. The van der Waals surface area contributed by atoms with Gasteiger partial charge in [0.05, 0.1) is 0 Å². The van der Waals surface area contributed by atoms with Crippen molar-refractivity contribution in [1.29, 1.82) is 0 Å². The van der Waals surface area contributed by atoms with Gasteiger partial charge < -0.3 is 14.5 Å². The van der Waals surface area contributed by atoms with Crippen LogP contribution in [0.25, 0.3) is 11.0 Å². The second-order valence-corrected chi connectivity index (χ2v) is 7.38. The number of amides is 1. The highest BCUT2D eigenvalue weighted by molar-refractivity contribution is 5.83. The van der Waals surface area contributed by atoms with Crippen LogP contribution in [-0.4, -0.2) is 43.1 Å². The number of nitrogens with zero attached hydrogens (tertiary/aromatic N) is 1. The largest absolute Gasteiger partial charge is 0.484 e. The molecule has 1 aromatic carbocycles. The van der Waals surface area contributed by atoms with Crippen molar-refractivity contribution >= 4 is 16.9 Å². The minimum absolute atomic E-state index is 0.0421. The van der Waals surface area contributed by atoms with E-state index in [0.717, 1.165) is 55.3 Å². The van der Waals surface area contributed by atoms with Gasteiger partial charge in [-0.1, -0.05) is 6.92 Å². The number of likely N-dealkylation sites (N-methyl/N-ethyl adjacent to an activating group) is 1. The number of nitrogens with one attached hydrogen (secondary N) is 1. The summed E-state index contributed by atoms with van der Waals surface area (Å²) >= 11 is 0. The molecule has 1 aliphatic carbocycles. The summed E-state index contributed by atoms with van der Waals surface area (Å²) in [4.78, 5) is 26.6. The lowest BCUT2D eigenvalue weighted by Crippen LogP contribution is -2.41. The molecule has 6 heteroatoms. The smallest absolute Gasteiger partial charge is 0.339 e. The van der Waals surface area contributed by atoms with Crippen LogP contribution in [0.1, 0.15) is 37.3 Å². The third-order valence-electron chi connectivity index (χ3n) is 5.76. The predicted molar refractivity (Wildman–Crippen MR) is 103 cm³/mol. The first-order valence-electron chi connectivity index (χ1n) is 9.88. The van der Waals surface area contributed by atoms with Gasteiger partial charge in [0, 0.05) is 29.6 Å². The summed E-state index contributed by atoms with van der Waals surface area (Å²) in [7, 11) is 0. The van der Waals surface area contributed by atoms with Crippen molar-refractivity contribution in [2.45, 2.75) is 45.1 Å². The van der Waals surface area contributed by atoms with Gasteiger partial charge in [0.15, 0.2) is 6.61 Å². The molecular weight excluding hydrogens is 344 g/mol. The highest BCUT2D eigenvalue weighted by atomic mass is 16.5. The van der Waals surface area contributed by atoms with Gasteiger partial charge in [-0.15, -0.1) is 0 Å². The molecule has 1 atom stereocenters. The normalized spacial score (nSPS) is 19.4. The van der Waals surface area contributed by atoms with E-state index in [0.29, 0.717) is 23.9 Å². The van der Waals surface area contributed by atoms with Gasteiger partial charge in [-0.3, -0.25) is 9.69 Å². The molecule has 6 nitrogen and oxygen atoms in total. The first-order chi connectivity index (χ1) is 13.2. The van der Waals surface area contributed by atoms with Crippen molar-refractivity contribution in [3.63, 3.8) is 0 Å². The molecule has 0 spiro atoms. The quantitative estimate of drug-likeness (QED) is 0.790. The molecule has 1 aromatic heterocycles. The fourth-order valence-corrected chi connectivity index (χ4v) is 4.33. The number of carbonyl (C=O) groups is 1. The van der Waals surface area contributed by atoms with Gasteiger partial charge in [0.1, 0.15) is 11.3 Å². The van der Waals surface area contributed by atoms with Crippen LogP contribution in [0.3, 0.4) is 0 Å². The molecule has 2 heterocycles. The lowest BCUT2D eigenvalue weighted by molar-refractivity contribution is -0.123. The van der Waals surface area contributed by atoms with Crippen LogP contribution in [0.2, 0.25) is 0 Å². The van der Waals surface area contributed by atoms with Gasteiger partial charge in [-0.2, -0.15) is 0 Å². The topological polar surface area (TPSA) is 71.8 Å². The predicted octanol–water partition coefficient (Wildman–Crippen LogP) is 2.26. The lowest BCUT2D eigenvalue weighted by atomic mass is 10.1. The van der Waals surface area contributed by atoms with E-state index in [1.807, 2.05) is 12.1 Å². The maximum absolute atomic E-state index is 12.1. The molecule has 27 heavy (non-hydrogen) atoms. The maximum Gasteiger partial charge on any atom is 0.339 e. The van der Waals surface area contributed by atoms with Gasteiger partial charge in [0.25, 0.3) is 5.91 Å². The Morgan fingerprint density at radius 1 is 1.30 bits per heavy atom. The Hall–Kier alpha value is -2.34. The summed E-state index contributed by atoms with van der Waals surface area (Å²) in [5.74, 6) is 0.406. The number of carbonyl (C=O) groups excluding carboxylic acids is 1. The van der Waals surface area contributed by atoms with E-state index in [2.05, 4.69) is 17.1 Å². The molecule has 0 bridgehead atoms. The number of hydrogen-bond acceptors (Lipinski definition) is 5. The zero-order valence-electron chi connectivity index (χ0n) is 15.8. The summed E-state index contributed by atoms with van der Waals surface area (Å²) in [6.07, 6.45) is 5.02. The molecule has 0 saturated carbocycles. The zero-order valence-corrected chi connectivity index (χ0v) is 15.8. The van der Waals surface area contributed by atoms with Gasteiger partial charge in [-0.25, -0.2) is 4.79 Å². The molecule has 1 aliphatic heterocycles. The number of likely N-dealkylation sites (tertiary alicyclic amines) is 1. The number of benzene rings is 1. The maximum atomic E-state index is 12.1. The van der Waals surface area contributed by atoms with E-state index in [1.165, 1.54) is 6.42 Å². The zero-order chi connectivity index (χ0) is 18.8. The number of fused-ring (bicyclic) bond motifs is 3. The van der Waals surface area contributed by atoms with Crippen molar-refractivity contribution in [3.8, 4) is 5.75 Å². The van der Waals surface area contributed by atoms with Crippen molar-refractivity contribution in [2.24, 2.45) is 0 Å². The van der Waals surface area contributed by atoms with Crippen LogP contribution in [0.5, 0.6) is 5.75 Å². The summed E-state index contributed by atoms with van der Waals surface area (Å²) in [6.45, 7) is 4.90. The van der Waals surface area contributed by atoms with E-state index in [1.54, 1.807) is 6.07 Å². The Morgan fingerprint density at radius 3 is 3.00 bits per heavy atom. The Kier molecular flexibility index (Phi) is 5.16. The molecule has 144 valence electrons. The van der Waals surface area contributed by atoms with E-state index >= 15 is 0 Å². The minimum Gasteiger partial charge on any atom is -0.484 e. The molecule has 1 amide bonds. The van der Waals surface area contributed by atoms with E-state index in [9.17, 15) is 9.59 Å². The monoisotopic (exact) mass is 370 g/mol. The average molecular weight is 370 g/mol. The van der Waals surface area contributed by atoms with E-state index < -0.39 is 0 Å². The standard InChI is InChI=1S/C21H26N2O4/c1-2-23-10-4-5-14(23)12-22-20(24)13-26-15-8-9-17-16-6-3-7-18(16)21(25)27-19(17)11-15/h8-9,11,14H,2-7,10,12-13H2,1H3,(H,22,24)/t14-/m0/s1. The van der Waals surface area contributed by atoms with Crippen molar-refractivity contribution in [1.82, 2.24) is 10.2 Å². The average Bonchev–Trinajstić information content (AvgIpc) is 3.34. The van der Waals surface area contributed by atoms with Crippen LogP contribution < -0.4 is 15.7 Å². The second-order valence-electron chi connectivity index (χ2n) is 7.38. The highest BCUT2D eigenvalue weighted by Gasteiger charge is 2.23. The summed E-state index contributed by atoms with van der Waals surface area (Å²) in [6, 6.07) is 5.89. The summed E-state index contributed by atoms with van der Waals surface area (Å²) in [5.41, 5.74) is 2.19. The lowest BCUT2D eigenvalue weighted by Gasteiger charge is -2.22. The third kappa shape index (κ3) is 3.72. The molecule has 0 radical (unpaired) electrons. The Morgan fingerprint density at radius 2 is 2.15 bits per heavy atom. The second kappa shape index (κ2) is 7.72. The SMILES string of the molecule is CCN1CCC[C@H]1CNC(=O)COc1ccc2c3c(c(=O)oc2c1)CCC3. The van der Waals surface area contributed by atoms with Crippen LogP contribution in [-0.2, 0) is 17.6 Å². The van der Waals surface area contributed by atoms with Crippen LogP contribution in [0.15, 0.2) is 27.4 Å². The first kappa shape index (κ1) is 18.0. The molecule has 1 fully saturated rings. The number of rotatable bonds is 6. The molecule has 1 N–H and O–H groups in total. The van der Waals surface area contributed by atoms with Crippen molar-refractivity contribution < 1.29 is 13.9 Å².